The lowest BCUT2D eigenvalue weighted by atomic mass is 10.0. The summed E-state index contributed by atoms with van der Waals surface area (Å²) in [4.78, 5) is 6.06. The number of thiazole rings is 1. The molecule has 4 heteroatoms. The summed E-state index contributed by atoms with van der Waals surface area (Å²) in [5.41, 5.74) is 3.28. The van der Waals surface area contributed by atoms with Gasteiger partial charge in [0.15, 0.2) is 0 Å². The molecule has 1 heterocycles. The van der Waals surface area contributed by atoms with Gasteiger partial charge < -0.3 is 5.32 Å². The lowest BCUT2D eigenvalue weighted by Gasteiger charge is -2.19. The molecule has 1 aliphatic carbocycles. The topological polar surface area (TPSA) is 24.9 Å². The smallest absolute Gasteiger partial charge is 0.123 e. The van der Waals surface area contributed by atoms with Crippen molar-refractivity contribution in [3.05, 3.63) is 50.7 Å². The van der Waals surface area contributed by atoms with E-state index < -0.39 is 0 Å². The molecule has 0 radical (unpaired) electrons. The highest BCUT2D eigenvalue weighted by Crippen LogP contribution is 2.33. The van der Waals surface area contributed by atoms with Crippen molar-refractivity contribution < 1.29 is 4.39 Å². The van der Waals surface area contributed by atoms with Gasteiger partial charge in [0.2, 0.25) is 0 Å². The van der Waals surface area contributed by atoms with E-state index in [0.29, 0.717) is 6.04 Å². The summed E-state index contributed by atoms with van der Waals surface area (Å²) in [6.07, 6.45) is 3.35. The number of nitrogens with zero attached hydrogens (tertiary/aromatic N) is 1. The SMILES string of the molecule is CCc1nc(C(NC2CC2)c2cc(F)ccc2C)sc1C. The van der Waals surface area contributed by atoms with Crippen LogP contribution in [0.2, 0.25) is 0 Å². The van der Waals surface area contributed by atoms with E-state index in [1.165, 1.54) is 23.8 Å². The lowest BCUT2D eigenvalue weighted by Crippen LogP contribution is -2.25. The number of aryl methyl sites for hydroxylation is 3. The fourth-order valence-corrected chi connectivity index (χ4v) is 3.69. The normalized spacial score (nSPS) is 16.2. The minimum absolute atomic E-state index is 0.0113. The first-order chi connectivity index (χ1) is 10.1. The van der Waals surface area contributed by atoms with Crippen molar-refractivity contribution in [1.29, 1.82) is 0 Å². The third kappa shape index (κ3) is 3.16. The highest BCUT2D eigenvalue weighted by molar-refractivity contribution is 7.11. The van der Waals surface area contributed by atoms with E-state index in [2.05, 4.69) is 19.2 Å². The first kappa shape index (κ1) is 14.7. The fraction of sp³-hybridized carbons (Fsp3) is 0.471. The monoisotopic (exact) mass is 304 g/mol. The van der Waals surface area contributed by atoms with Crippen LogP contribution in [0.5, 0.6) is 0 Å². The van der Waals surface area contributed by atoms with Crippen LogP contribution in [0.1, 0.15) is 52.5 Å². The molecule has 0 spiro atoms. The van der Waals surface area contributed by atoms with Gasteiger partial charge in [0.1, 0.15) is 10.8 Å². The van der Waals surface area contributed by atoms with Crippen LogP contribution >= 0.6 is 11.3 Å². The van der Waals surface area contributed by atoms with E-state index in [-0.39, 0.29) is 11.9 Å². The van der Waals surface area contributed by atoms with Crippen LogP contribution in [-0.4, -0.2) is 11.0 Å². The van der Waals surface area contributed by atoms with Crippen molar-refractivity contribution in [2.45, 2.75) is 52.1 Å². The van der Waals surface area contributed by atoms with Crippen molar-refractivity contribution in [2.75, 3.05) is 0 Å². The van der Waals surface area contributed by atoms with Gasteiger partial charge in [0.25, 0.3) is 0 Å². The molecule has 3 rings (SSSR count). The average Bonchev–Trinajstić information content (AvgIpc) is 3.20. The molecule has 1 aromatic heterocycles. The molecule has 1 N–H and O–H groups in total. The minimum Gasteiger partial charge on any atom is -0.301 e. The largest absolute Gasteiger partial charge is 0.301 e. The van der Waals surface area contributed by atoms with Gasteiger partial charge >= 0.3 is 0 Å². The van der Waals surface area contributed by atoms with Gasteiger partial charge in [0.05, 0.1) is 11.7 Å². The van der Waals surface area contributed by atoms with Gasteiger partial charge in [-0.3, -0.25) is 0 Å². The predicted molar refractivity (Wildman–Crippen MR) is 85.4 cm³/mol. The Balaban J connectivity index is 2.01. The Morgan fingerprint density at radius 3 is 2.76 bits per heavy atom. The number of halogens is 1. The molecule has 1 aromatic carbocycles. The Hall–Kier alpha value is -1.26. The van der Waals surface area contributed by atoms with Crippen LogP contribution in [0.15, 0.2) is 18.2 Å². The zero-order chi connectivity index (χ0) is 15.0. The van der Waals surface area contributed by atoms with E-state index in [1.807, 2.05) is 13.0 Å². The number of hydrogen-bond donors (Lipinski definition) is 1. The van der Waals surface area contributed by atoms with Crippen molar-refractivity contribution in [3.63, 3.8) is 0 Å². The maximum absolute atomic E-state index is 13.7. The summed E-state index contributed by atoms with van der Waals surface area (Å²) in [6.45, 7) is 6.28. The second-order valence-corrected chi connectivity index (χ2v) is 7.02. The first-order valence-corrected chi connectivity index (χ1v) is 8.38. The van der Waals surface area contributed by atoms with Gasteiger partial charge in [-0.05, 0) is 56.4 Å². The van der Waals surface area contributed by atoms with Crippen molar-refractivity contribution >= 4 is 11.3 Å². The first-order valence-electron chi connectivity index (χ1n) is 7.56. The molecule has 2 nitrogen and oxygen atoms in total. The number of nitrogens with one attached hydrogen (secondary N) is 1. The van der Waals surface area contributed by atoms with Crippen LogP contribution < -0.4 is 5.32 Å². The van der Waals surface area contributed by atoms with E-state index in [1.54, 1.807) is 17.4 Å². The van der Waals surface area contributed by atoms with Gasteiger partial charge in [-0.25, -0.2) is 9.37 Å². The number of aromatic nitrogens is 1. The van der Waals surface area contributed by atoms with Crippen LogP contribution in [0.3, 0.4) is 0 Å². The molecule has 0 aliphatic heterocycles. The molecule has 1 saturated carbocycles. The summed E-state index contributed by atoms with van der Waals surface area (Å²) in [7, 11) is 0. The van der Waals surface area contributed by atoms with Gasteiger partial charge in [-0.1, -0.05) is 13.0 Å². The van der Waals surface area contributed by atoms with Crippen molar-refractivity contribution in [1.82, 2.24) is 10.3 Å². The van der Waals surface area contributed by atoms with Gasteiger partial charge in [0, 0.05) is 10.9 Å². The van der Waals surface area contributed by atoms with Crippen LogP contribution in [0.4, 0.5) is 4.39 Å². The predicted octanol–water partition coefficient (Wildman–Crippen LogP) is 4.30. The second kappa shape index (κ2) is 5.85. The highest BCUT2D eigenvalue weighted by Gasteiger charge is 2.29. The van der Waals surface area contributed by atoms with Crippen LogP contribution in [0.25, 0.3) is 0 Å². The lowest BCUT2D eigenvalue weighted by molar-refractivity contribution is 0.581. The second-order valence-electron chi connectivity index (χ2n) is 5.78. The molecule has 21 heavy (non-hydrogen) atoms. The zero-order valence-corrected chi connectivity index (χ0v) is 13.6. The Bertz CT molecular complexity index is 646. The fourth-order valence-electron chi connectivity index (χ4n) is 2.60. The third-order valence-corrected chi connectivity index (χ3v) is 5.10. The standard InChI is InChI=1S/C17H21FN2S/c1-4-15-11(3)21-17(20-15)16(19-13-7-8-13)14-9-12(18)6-5-10(14)2/h5-6,9,13,16,19H,4,7-8H2,1-3H3. The van der Waals surface area contributed by atoms with Crippen LogP contribution in [0, 0.1) is 19.7 Å². The van der Waals surface area contributed by atoms with Gasteiger partial charge in [-0.15, -0.1) is 11.3 Å². The average molecular weight is 304 g/mol. The molecule has 1 aliphatic rings. The number of hydrogen-bond acceptors (Lipinski definition) is 3. The summed E-state index contributed by atoms with van der Waals surface area (Å²) >= 11 is 1.73. The molecular formula is C17H21FN2S. The summed E-state index contributed by atoms with van der Waals surface area (Å²) < 4.78 is 13.7. The van der Waals surface area contributed by atoms with Crippen LogP contribution in [-0.2, 0) is 6.42 Å². The van der Waals surface area contributed by atoms with E-state index in [4.69, 9.17) is 4.98 Å². The van der Waals surface area contributed by atoms with Gasteiger partial charge in [-0.2, -0.15) is 0 Å². The van der Waals surface area contributed by atoms with Crippen molar-refractivity contribution in [3.8, 4) is 0 Å². The Morgan fingerprint density at radius 2 is 2.14 bits per heavy atom. The van der Waals surface area contributed by atoms with E-state index >= 15 is 0 Å². The molecule has 0 amide bonds. The number of rotatable bonds is 5. The molecule has 0 saturated heterocycles. The molecular weight excluding hydrogens is 283 g/mol. The van der Waals surface area contributed by atoms with E-state index in [0.717, 1.165) is 28.2 Å². The highest BCUT2D eigenvalue weighted by atomic mass is 32.1. The Morgan fingerprint density at radius 1 is 1.38 bits per heavy atom. The Labute approximate surface area is 129 Å². The molecule has 1 atom stereocenters. The molecule has 1 fully saturated rings. The summed E-state index contributed by atoms with van der Waals surface area (Å²) in [5.74, 6) is -0.179. The molecule has 112 valence electrons. The third-order valence-electron chi connectivity index (χ3n) is 4.02. The minimum atomic E-state index is -0.179. The molecule has 1 unspecified atom stereocenters. The zero-order valence-electron chi connectivity index (χ0n) is 12.7. The number of benzene rings is 1. The summed E-state index contributed by atoms with van der Waals surface area (Å²) in [5, 5.41) is 4.70. The van der Waals surface area contributed by atoms with E-state index in [9.17, 15) is 4.39 Å². The summed E-state index contributed by atoms with van der Waals surface area (Å²) in [6, 6.07) is 5.59. The quantitative estimate of drug-likeness (QED) is 0.890. The Kier molecular flexibility index (Phi) is 4.09. The molecule has 0 bridgehead atoms. The maximum Gasteiger partial charge on any atom is 0.123 e. The maximum atomic E-state index is 13.7. The van der Waals surface area contributed by atoms with Crippen molar-refractivity contribution in [2.24, 2.45) is 0 Å². The molecule has 2 aromatic rings.